The number of rotatable bonds is 6. The van der Waals surface area contributed by atoms with Crippen LogP contribution >= 0.6 is 0 Å². The molecule has 1 atom stereocenters. The Morgan fingerprint density at radius 1 is 1.09 bits per heavy atom. The number of amides is 1. The minimum atomic E-state index is -0.888. The fourth-order valence-electron chi connectivity index (χ4n) is 4.32. The van der Waals surface area contributed by atoms with Crippen LogP contribution in [0.25, 0.3) is 22.3 Å². The van der Waals surface area contributed by atoms with Crippen LogP contribution in [0.4, 0.5) is 0 Å². The largest absolute Gasteiger partial charge is 0.497 e. The SMILES string of the molecule is COc1cccc(-c2nc3ccc(B4OC(C)(C)C(C)(C)O4)cc3c(=O)n2C(C(N)=O)C(C)C)c1. The molecule has 8 nitrogen and oxygen atoms in total. The minimum Gasteiger partial charge on any atom is -0.497 e. The summed E-state index contributed by atoms with van der Waals surface area (Å²) < 4.78 is 19.1. The van der Waals surface area contributed by atoms with Crippen molar-refractivity contribution in [3.05, 3.63) is 52.8 Å². The Morgan fingerprint density at radius 2 is 1.74 bits per heavy atom. The number of nitrogens with zero attached hydrogens (tertiary/aromatic N) is 2. The third-order valence-corrected chi connectivity index (χ3v) is 6.98. The number of carbonyl (C=O) groups is 1. The van der Waals surface area contributed by atoms with E-state index in [1.165, 1.54) is 4.57 Å². The topological polar surface area (TPSA) is 106 Å². The molecule has 4 rings (SSSR count). The summed E-state index contributed by atoms with van der Waals surface area (Å²) in [5, 5.41) is 0.357. The van der Waals surface area contributed by atoms with E-state index < -0.39 is 30.3 Å². The van der Waals surface area contributed by atoms with Gasteiger partial charge in [-0.2, -0.15) is 0 Å². The fraction of sp³-hybridized carbons (Fsp3) is 0.423. The second kappa shape index (κ2) is 8.80. The van der Waals surface area contributed by atoms with E-state index >= 15 is 0 Å². The van der Waals surface area contributed by atoms with Gasteiger partial charge in [0, 0.05) is 5.56 Å². The normalized spacial score (nSPS) is 17.7. The zero-order valence-electron chi connectivity index (χ0n) is 21.3. The number of hydrogen-bond acceptors (Lipinski definition) is 6. The van der Waals surface area contributed by atoms with Crippen molar-refractivity contribution in [2.75, 3.05) is 7.11 Å². The van der Waals surface area contributed by atoms with Crippen LogP contribution in [-0.4, -0.2) is 40.9 Å². The van der Waals surface area contributed by atoms with Crippen molar-refractivity contribution in [3.8, 4) is 17.1 Å². The molecule has 0 radical (unpaired) electrons. The summed E-state index contributed by atoms with van der Waals surface area (Å²) in [6.07, 6.45) is 0. The summed E-state index contributed by atoms with van der Waals surface area (Å²) in [6.45, 7) is 11.6. The molecule has 1 unspecified atom stereocenters. The van der Waals surface area contributed by atoms with Crippen LogP contribution in [-0.2, 0) is 14.1 Å². The van der Waals surface area contributed by atoms with Crippen molar-refractivity contribution in [3.63, 3.8) is 0 Å². The molecule has 1 aromatic heterocycles. The highest BCUT2D eigenvalue weighted by Crippen LogP contribution is 2.36. The zero-order chi connectivity index (χ0) is 25.7. The zero-order valence-corrected chi connectivity index (χ0v) is 21.3. The van der Waals surface area contributed by atoms with Crippen LogP contribution in [0.15, 0.2) is 47.3 Å². The van der Waals surface area contributed by atoms with Crippen LogP contribution in [0, 0.1) is 5.92 Å². The Labute approximate surface area is 205 Å². The van der Waals surface area contributed by atoms with E-state index in [9.17, 15) is 9.59 Å². The molecule has 35 heavy (non-hydrogen) atoms. The maximum atomic E-state index is 14.0. The molecule has 9 heteroatoms. The monoisotopic (exact) mass is 477 g/mol. The number of ether oxygens (including phenoxy) is 1. The summed E-state index contributed by atoms with van der Waals surface area (Å²) in [4.78, 5) is 31.3. The number of benzene rings is 2. The first-order valence-electron chi connectivity index (χ1n) is 11.7. The lowest BCUT2D eigenvalue weighted by Crippen LogP contribution is -2.41. The van der Waals surface area contributed by atoms with Crippen molar-refractivity contribution >= 4 is 29.4 Å². The van der Waals surface area contributed by atoms with E-state index in [-0.39, 0.29) is 11.5 Å². The predicted octanol–water partition coefficient (Wildman–Crippen LogP) is 3.05. The quantitative estimate of drug-likeness (QED) is 0.547. The van der Waals surface area contributed by atoms with Crippen LogP contribution in [0.3, 0.4) is 0 Å². The highest BCUT2D eigenvalue weighted by Gasteiger charge is 2.51. The number of fused-ring (bicyclic) bond motifs is 1. The van der Waals surface area contributed by atoms with E-state index in [1.54, 1.807) is 31.4 Å². The lowest BCUT2D eigenvalue weighted by molar-refractivity contribution is -0.122. The average molecular weight is 477 g/mol. The summed E-state index contributed by atoms with van der Waals surface area (Å²) >= 11 is 0. The highest BCUT2D eigenvalue weighted by molar-refractivity contribution is 6.62. The molecule has 1 saturated heterocycles. The van der Waals surface area contributed by atoms with Gasteiger partial charge in [0.05, 0.1) is 29.2 Å². The molecule has 184 valence electrons. The van der Waals surface area contributed by atoms with E-state index in [4.69, 9.17) is 24.8 Å². The van der Waals surface area contributed by atoms with Gasteiger partial charge in [0.2, 0.25) is 5.91 Å². The number of aromatic nitrogens is 2. The third-order valence-electron chi connectivity index (χ3n) is 6.98. The first kappa shape index (κ1) is 24.9. The van der Waals surface area contributed by atoms with Crippen molar-refractivity contribution < 1.29 is 18.8 Å². The number of primary amides is 1. The van der Waals surface area contributed by atoms with Gasteiger partial charge in [-0.25, -0.2) is 4.98 Å². The van der Waals surface area contributed by atoms with E-state index in [1.807, 2.05) is 59.7 Å². The molecule has 1 aliphatic rings. The molecule has 1 aliphatic heterocycles. The Balaban J connectivity index is 1.96. The minimum absolute atomic E-state index is 0.236. The van der Waals surface area contributed by atoms with Crippen LogP contribution < -0.4 is 21.5 Å². The van der Waals surface area contributed by atoms with E-state index in [0.717, 1.165) is 0 Å². The first-order valence-corrected chi connectivity index (χ1v) is 11.7. The maximum absolute atomic E-state index is 14.0. The van der Waals surface area contributed by atoms with Gasteiger partial charge in [-0.05, 0) is 63.3 Å². The lowest BCUT2D eigenvalue weighted by atomic mass is 9.78. The van der Waals surface area contributed by atoms with Gasteiger partial charge in [0.1, 0.15) is 17.6 Å². The molecule has 2 N–H and O–H groups in total. The van der Waals surface area contributed by atoms with Crippen molar-refractivity contribution in [1.29, 1.82) is 0 Å². The molecule has 2 heterocycles. The number of methoxy groups -OCH3 is 1. The van der Waals surface area contributed by atoms with Gasteiger partial charge < -0.3 is 19.8 Å². The second-order valence-electron chi connectivity index (χ2n) is 10.3. The van der Waals surface area contributed by atoms with Gasteiger partial charge in [-0.15, -0.1) is 0 Å². The van der Waals surface area contributed by atoms with Gasteiger partial charge in [0.15, 0.2) is 0 Å². The molecule has 1 fully saturated rings. The summed E-state index contributed by atoms with van der Waals surface area (Å²) in [5.41, 5.74) is 6.24. The van der Waals surface area contributed by atoms with Crippen molar-refractivity contribution in [1.82, 2.24) is 9.55 Å². The van der Waals surface area contributed by atoms with Gasteiger partial charge in [-0.1, -0.05) is 32.0 Å². The molecule has 2 aromatic carbocycles. The lowest BCUT2D eigenvalue weighted by Gasteiger charge is -2.32. The van der Waals surface area contributed by atoms with Gasteiger partial charge >= 0.3 is 7.12 Å². The summed E-state index contributed by atoms with van der Waals surface area (Å²) in [6, 6.07) is 11.7. The summed E-state index contributed by atoms with van der Waals surface area (Å²) in [5.74, 6) is 0.122. The van der Waals surface area contributed by atoms with Crippen molar-refractivity contribution in [2.24, 2.45) is 11.7 Å². The summed E-state index contributed by atoms with van der Waals surface area (Å²) in [7, 11) is 0.935. The molecule has 0 spiro atoms. The van der Waals surface area contributed by atoms with Crippen LogP contribution in [0.2, 0.25) is 0 Å². The van der Waals surface area contributed by atoms with E-state index in [0.29, 0.717) is 33.5 Å². The van der Waals surface area contributed by atoms with Crippen LogP contribution in [0.5, 0.6) is 5.75 Å². The maximum Gasteiger partial charge on any atom is 0.494 e. The Hall–Kier alpha value is -3.17. The second-order valence-corrected chi connectivity index (χ2v) is 10.3. The van der Waals surface area contributed by atoms with E-state index in [2.05, 4.69) is 0 Å². The number of nitrogens with two attached hydrogens (primary N) is 1. The van der Waals surface area contributed by atoms with Crippen molar-refractivity contribution in [2.45, 2.75) is 58.8 Å². The molecule has 1 amide bonds. The number of carbonyl (C=O) groups excluding carboxylic acids is 1. The smallest absolute Gasteiger partial charge is 0.494 e. The Morgan fingerprint density at radius 3 is 2.31 bits per heavy atom. The predicted molar refractivity (Wildman–Crippen MR) is 137 cm³/mol. The molecule has 0 saturated carbocycles. The van der Waals surface area contributed by atoms with Gasteiger partial charge in [-0.3, -0.25) is 14.2 Å². The molecule has 0 bridgehead atoms. The molecule has 3 aromatic rings. The first-order chi connectivity index (χ1) is 16.4. The number of hydrogen-bond donors (Lipinski definition) is 1. The Bertz CT molecular complexity index is 1330. The van der Waals surface area contributed by atoms with Crippen LogP contribution in [0.1, 0.15) is 47.6 Å². The standard InChI is InChI=1S/C26H32BN3O5/c1-15(2)21(22(28)31)30-23(16-9-8-10-18(13-16)33-7)29-20-12-11-17(14-19(20)24(30)32)27-34-25(3,4)26(5,6)35-27/h8-15,21H,1-7H3,(H2,28,31). The molecular weight excluding hydrogens is 445 g/mol. The molecular formula is C26H32BN3O5. The fourth-order valence-corrected chi connectivity index (χ4v) is 4.32. The third kappa shape index (κ3) is 4.34. The molecule has 0 aliphatic carbocycles. The average Bonchev–Trinajstić information content (AvgIpc) is 3.01. The Kier molecular flexibility index (Phi) is 6.27. The van der Waals surface area contributed by atoms with Gasteiger partial charge in [0.25, 0.3) is 5.56 Å². The highest BCUT2D eigenvalue weighted by atomic mass is 16.7.